The monoisotopic (exact) mass is 269 g/mol. The highest BCUT2D eigenvalue weighted by molar-refractivity contribution is 5.79. The van der Waals surface area contributed by atoms with Gasteiger partial charge in [0.25, 0.3) is 0 Å². The zero-order valence-electron chi connectivity index (χ0n) is 12.2. The van der Waals surface area contributed by atoms with E-state index in [1.54, 1.807) is 0 Å². The van der Waals surface area contributed by atoms with E-state index in [1.807, 2.05) is 13.8 Å². The highest BCUT2D eigenvalue weighted by atomic mass is 16.5. The Bertz CT molecular complexity index is 315. The maximum absolute atomic E-state index is 11.5. The minimum atomic E-state index is -0.769. The number of aliphatic carboxylic acids is 1. The van der Waals surface area contributed by atoms with Crippen molar-refractivity contribution < 1.29 is 14.6 Å². The summed E-state index contributed by atoms with van der Waals surface area (Å²) in [5, 5.41) is 12.7. The molecule has 2 aliphatic carbocycles. The number of hydrogen-bond donors (Lipinski definition) is 2. The van der Waals surface area contributed by atoms with Gasteiger partial charge in [0.1, 0.15) is 5.54 Å². The Balaban J connectivity index is 1.77. The zero-order chi connectivity index (χ0) is 13.9. The lowest BCUT2D eigenvalue weighted by atomic mass is 9.83. The molecule has 4 nitrogen and oxygen atoms in total. The Morgan fingerprint density at radius 2 is 2.16 bits per heavy atom. The van der Waals surface area contributed by atoms with Crippen LogP contribution in [0.5, 0.6) is 0 Å². The molecule has 19 heavy (non-hydrogen) atoms. The van der Waals surface area contributed by atoms with Gasteiger partial charge in [-0.25, -0.2) is 0 Å². The molecular formula is C15H27NO3. The molecule has 0 aromatic carbocycles. The molecular weight excluding hydrogens is 242 g/mol. The lowest BCUT2D eigenvalue weighted by Gasteiger charge is -2.29. The average Bonchev–Trinajstić information content (AvgIpc) is 2.66. The van der Waals surface area contributed by atoms with Crippen molar-refractivity contribution in [1.82, 2.24) is 5.32 Å². The number of hydrogen-bond acceptors (Lipinski definition) is 3. The van der Waals surface area contributed by atoms with Gasteiger partial charge in [-0.15, -0.1) is 0 Å². The van der Waals surface area contributed by atoms with Crippen LogP contribution in [-0.4, -0.2) is 35.4 Å². The Morgan fingerprint density at radius 1 is 1.42 bits per heavy atom. The summed E-state index contributed by atoms with van der Waals surface area (Å²) in [5.41, 5.74) is -0.769. The van der Waals surface area contributed by atoms with Gasteiger partial charge in [0, 0.05) is 19.1 Å². The van der Waals surface area contributed by atoms with Gasteiger partial charge < -0.3 is 9.84 Å². The normalized spacial score (nSPS) is 31.6. The number of carbonyl (C=O) groups is 1. The van der Waals surface area contributed by atoms with Crippen LogP contribution in [0.4, 0.5) is 0 Å². The lowest BCUT2D eigenvalue weighted by molar-refractivity contribution is -0.145. The van der Waals surface area contributed by atoms with Crippen molar-refractivity contribution in [3.63, 3.8) is 0 Å². The fourth-order valence-corrected chi connectivity index (χ4v) is 3.26. The molecule has 2 fully saturated rings. The molecule has 2 rings (SSSR count). The van der Waals surface area contributed by atoms with Gasteiger partial charge in [-0.1, -0.05) is 19.3 Å². The van der Waals surface area contributed by atoms with Crippen molar-refractivity contribution in [3.05, 3.63) is 0 Å². The topological polar surface area (TPSA) is 58.6 Å². The molecule has 2 N–H and O–H groups in total. The summed E-state index contributed by atoms with van der Waals surface area (Å²) in [7, 11) is 0. The molecule has 0 amide bonds. The predicted octanol–water partition coefficient (Wildman–Crippen LogP) is 2.57. The van der Waals surface area contributed by atoms with Gasteiger partial charge in [0.15, 0.2) is 0 Å². The third-order valence-electron chi connectivity index (χ3n) is 4.55. The van der Waals surface area contributed by atoms with E-state index in [0.717, 1.165) is 25.4 Å². The van der Waals surface area contributed by atoms with E-state index in [-0.39, 0.29) is 12.1 Å². The van der Waals surface area contributed by atoms with Gasteiger partial charge in [-0.05, 0) is 39.0 Å². The van der Waals surface area contributed by atoms with E-state index in [4.69, 9.17) is 4.74 Å². The van der Waals surface area contributed by atoms with Crippen LogP contribution in [0.15, 0.2) is 0 Å². The summed E-state index contributed by atoms with van der Waals surface area (Å²) in [6.45, 7) is 4.79. The standard InChI is InChI=1S/C15H27NO3/c1-11(2)16-15(14(17)18)8-6-13(10-15)19-9-7-12-4-3-5-12/h11-13,16H,3-10H2,1-2H3,(H,17,18). The number of rotatable bonds is 7. The van der Waals surface area contributed by atoms with Crippen molar-refractivity contribution in [3.8, 4) is 0 Å². The van der Waals surface area contributed by atoms with Crippen LogP contribution in [0.2, 0.25) is 0 Å². The molecule has 4 heteroatoms. The van der Waals surface area contributed by atoms with Crippen molar-refractivity contribution in [2.45, 2.75) is 76.5 Å². The van der Waals surface area contributed by atoms with E-state index in [2.05, 4.69) is 5.32 Å². The first-order valence-corrected chi connectivity index (χ1v) is 7.64. The minimum Gasteiger partial charge on any atom is -0.480 e. The molecule has 2 aliphatic rings. The van der Waals surface area contributed by atoms with Crippen molar-refractivity contribution in [2.75, 3.05) is 6.61 Å². The van der Waals surface area contributed by atoms with Gasteiger partial charge in [-0.2, -0.15) is 0 Å². The van der Waals surface area contributed by atoms with Crippen LogP contribution in [0.3, 0.4) is 0 Å². The zero-order valence-corrected chi connectivity index (χ0v) is 12.2. The second kappa shape index (κ2) is 6.23. The van der Waals surface area contributed by atoms with E-state index in [9.17, 15) is 9.90 Å². The average molecular weight is 269 g/mol. The Kier molecular flexibility index (Phi) is 4.85. The van der Waals surface area contributed by atoms with Crippen LogP contribution in [0, 0.1) is 5.92 Å². The lowest BCUT2D eigenvalue weighted by Crippen LogP contribution is -2.53. The third-order valence-corrected chi connectivity index (χ3v) is 4.55. The van der Waals surface area contributed by atoms with Crippen LogP contribution >= 0.6 is 0 Å². The molecule has 0 aliphatic heterocycles. The van der Waals surface area contributed by atoms with Crippen molar-refractivity contribution >= 4 is 5.97 Å². The predicted molar refractivity (Wildman–Crippen MR) is 74.2 cm³/mol. The summed E-state index contributed by atoms with van der Waals surface area (Å²) in [6, 6.07) is 0.185. The first-order chi connectivity index (χ1) is 9.02. The third kappa shape index (κ3) is 3.69. The molecule has 0 bridgehead atoms. The van der Waals surface area contributed by atoms with E-state index < -0.39 is 11.5 Å². The number of carboxylic acids is 1. The maximum Gasteiger partial charge on any atom is 0.324 e. The summed E-state index contributed by atoms with van der Waals surface area (Å²) in [4.78, 5) is 11.5. The summed E-state index contributed by atoms with van der Waals surface area (Å²) >= 11 is 0. The van der Waals surface area contributed by atoms with Gasteiger partial charge in [0.2, 0.25) is 0 Å². The largest absolute Gasteiger partial charge is 0.480 e. The van der Waals surface area contributed by atoms with E-state index in [0.29, 0.717) is 12.8 Å². The van der Waals surface area contributed by atoms with Crippen LogP contribution in [0.1, 0.15) is 58.8 Å². The van der Waals surface area contributed by atoms with E-state index >= 15 is 0 Å². The second-order valence-corrected chi connectivity index (χ2v) is 6.51. The van der Waals surface area contributed by atoms with Gasteiger partial charge >= 0.3 is 5.97 Å². The van der Waals surface area contributed by atoms with Crippen molar-refractivity contribution in [2.24, 2.45) is 5.92 Å². The first-order valence-electron chi connectivity index (χ1n) is 7.64. The Labute approximate surface area is 115 Å². The van der Waals surface area contributed by atoms with Crippen molar-refractivity contribution in [1.29, 1.82) is 0 Å². The smallest absolute Gasteiger partial charge is 0.324 e. The quantitative estimate of drug-likeness (QED) is 0.746. The van der Waals surface area contributed by atoms with Gasteiger partial charge in [0.05, 0.1) is 6.10 Å². The number of ether oxygens (including phenoxy) is 1. The summed E-state index contributed by atoms with van der Waals surface area (Å²) in [6.07, 6.45) is 7.46. The highest BCUT2D eigenvalue weighted by Gasteiger charge is 2.46. The molecule has 0 saturated heterocycles. The molecule has 110 valence electrons. The Hall–Kier alpha value is -0.610. The molecule has 0 heterocycles. The molecule has 0 aromatic heterocycles. The molecule has 2 unspecified atom stereocenters. The second-order valence-electron chi connectivity index (χ2n) is 6.51. The first kappa shape index (κ1) is 14.8. The highest BCUT2D eigenvalue weighted by Crippen LogP contribution is 2.34. The number of carboxylic acid groups (broad SMARTS) is 1. The van der Waals surface area contributed by atoms with Gasteiger partial charge in [-0.3, -0.25) is 10.1 Å². The summed E-state index contributed by atoms with van der Waals surface area (Å²) in [5.74, 6) is 0.130. The molecule has 2 saturated carbocycles. The van der Waals surface area contributed by atoms with Crippen LogP contribution in [-0.2, 0) is 9.53 Å². The van der Waals surface area contributed by atoms with Crippen LogP contribution < -0.4 is 5.32 Å². The fourth-order valence-electron chi connectivity index (χ4n) is 3.26. The Morgan fingerprint density at radius 3 is 2.68 bits per heavy atom. The van der Waals surface area contributed by atoms with Crippen LogP contribution in [0.25, 0.3) is 0 Å². The SMILES string of the molecule is CC(C)NC1(C(=O)O)CCC(OCCC2CCC2)C1. The number of nitrogens with one attached hydrogen (secondary N) is 1. The summed E-state index contributed by atoms with van der Waals surface area (Å²) < 4.78 is 5.89. The fraction of sp³-hybridized carbons (Fsp3) is 0.933. The minimum absolute atomic E-state index is 0.113. The van der Waals surface area contributed by atoms with E-state index in [1.165, 1.54) is 19.3 Å². The molecule has 0 aromatic rings. The maximum atomic E-state index is 11.5. The molecule has 2 atom stereocenters. The molecule has 0 spiro atoms. The molecule has 0 radical (unpaired) electrons.